The summed E-state index contributed by atoms with van der Waals surface area (Å²) in [5, 5.41) is 3.41. The Balaban J connectivity index is 1.68. The van der Waals surface area contributed by atoms with Gasteiger partial charge in [0.2, 0.25) is 11.8 Å². The fourth-order valence-electron chi connectivity index (χ4n) is 5.01. The van der Waals surface area contributed by atoms with E-state index in [4.69, 9.17) is 11.6 Å². The number of sulfonamides is 1. The highest BCUT2D eigenvalue weighted by Crippen LogP contribution is 2.26. The predicted octanol–water partition coefficient (Wildman–Crippen LogP) is 5.85. The van der Waals surface area contributed by atoms with Crippen LogP contribution in [0.25, 0.3) is 0 Å². The van der Waals surface area contributed by atoms with Crippen molar-refractivity contribution in [3.8, 4) is 0 Å². The maximum absolute atomic E-state index is 14.7. The molecule has 1 N–H and O–H groups in total. The highest BCUT2D eigenvalue weighted by molar-refractivity contribution is 7.92. The third kappa shape index (κ3) is 7.65. The van der Waals surface area contributed by atoms with Crippen molar-refractivity contribution in [2.75, 3.05) is 10.8 Å². The molecule has 0 radical (unpaired) electrons. The van der Waals surface area contributed by atoms with E-state index in [1.165, 1.54) is 35.2 Å². The zero-order valence-corrected chi connectivity index (χ0v) is 24.8. The molecule has 41 heavy (non-hydrogen) atoms. The molecule has 2 amide bonds. The fraction of sp³-hybridized carbons (Fsp3) is 0.355. The minimum absolute atomic E-state index is 0.0122. The topological polar surface area (TPSA) is 86.8 Å². The Morgan fingerprint density at radius 1 is 1.00 bits per heavy atom. The Morgan fingerprint density at radius 3 is 2.34 bits per heavy atom. The van der Waals surface area contributed by atoms with Crippen LogP contribution in [0.15, 0.2) is 77.7 Å². The highest BCUT2D eigenvalue weighted by Gasteiger charge is 2.33. The minimum Gasteiger partial charge on any atom is -0.352 e. The number of rotatable bonds is 10. The number of anilines is 1. The third-order valence-corrected chi connectivity index (χ3v) is 9.43. The largest absolute Gasteiger partial charge is 0.352 e. The zero-order chi connectivity index (χ0) is 29.6. The van der Waals surface area contributed by atoms with Crippen LogP contribution < -0.4 is 9.62 Å². The number of aryl methyl sites for hydroxylation is 1. The van der Waals surface area contributed by atoms with Gasteiger partial charge < -0.3 is 10.2 Å². The number of benzene rings is 3. The Bertz CT molecular complexity index is 1480. The van der Waals surface area contributed by atoms with Crippen LogP contribution in [0.1, 0.15) is 50.2 Å². The summed E-state index contributed by atoms with van der Waals surface area (Å²) in [6.45, 7) is 2.61. The summed E-state index contributed by atoms with van der Waals surface area (Å²) in [5.41, 5.74) is 1.31. The maximum atomic E-state index is 14.7. The molecule has 1 atom stereocenters. The molecule has 1 aliphatic carbocycles. The molecule has 0 heterocycles. The van der Waals surface area contributed by atoms with Crippen LogP contribution in [0, 0.1) is 12.7 Å². The lowest BCUT2D eigenvalue weighted by molar-refractivity contribution is -0.139. The Kier molecular flexibility index (Phi) is 10.0. The third-order valence-electron chi connectivity index (χ3n) is 7.39. The number of nitrogens with one attached hydrogen (secondary N) is 1. The molecule has 0 spiro atoms. The minimum atomic E-state index is -4.21. The maximum Gasteiger partial charge on any atom is 0.264 e. The number of nitrogens with zero attached hydrogens (tertiary/aromatic N) is 2. The molecule has 1 fully saturated rings. The van der Waals surface area contributed by atoms with Crippen molar-refractivity contribution in [2.45, 2.75) is 69.5 Å². The summed E-state index contributed by atoms with van der Waals surface area (Å²) in [5.74, 6) is -1.52. The molecule has 3 aromatic carbocycles. The predicted molar refractivity (Wildman–Crippen MR) is 159 cm³/mol. The van der Waals surface area contributed by atoms with Gasteiger partial charge in [-0.15, -0.1) is 0 Å². The number of carbonyl (C=O) groups excluding carboxylic acids is 2. The second-order valence-corrected chi connectivity index (χ2v) is 12.7. The van der Waals surface area contributed by atoms with E-state index in [1.54, 1.807) is 43.3 Å². The number of carbonyl (C=O) groups is 2. The second-order valence-electron chi connectivity index (χ2n) is 10.4. The van der Waals surface area contributed by atoms with E-state index in [2.05, 4.69) is 5.32 Å². The highest BCUT2D eigenvalue weighted by atomic mass is 35.5. The molecule has 0 bridgehead atoms. The number of hydrogen-bond donors (Lipinski definition) is 1. The van der Waals surface area contributed by atoms with Crippen LogP contribution in [0.3, 0.4) is 0 Å². The van der Waals surface area contributed by atoms with Crippen molar-refractivity contribution < 1.29 is 22.4 Å². The fourth-order valence-corrected chi connectivity index (χ4v) is 6.54. The summed E-state index contributed by atoms with van der Waals surface area (Å²) < 4.78 is 43.5. The molecule has 218 valence electrons. The van der Waals surface area contributed by atoms with Gasteiger partial charge in [0.15, 0.2) is 0 Å². The summed E-state index contributed by atoms with van der Waals surface area (Å²) in [6, 6.07) is 17.6. The molecule has 1 saturated carbocycles. The van der Waals surface area contributed by atoms with Gasteiger partial charge in [0.1, 0.15) is 18.4 Å². The van der Waals surface area contributed by atoms with E-state index >= 15 is 0 Å². The van der Waals surface area contributed by atoms with Gasteiger partial charge in [-0.1, -0.05) is 61.2 Å². The van der Waals surface area contributed by atoms with Crippen molar-refractivity contribution in [3.05, 3.63) is 94.8 Å². The van der Waals surface area contributed by atoms with Crippen molar-refractivity contribution in [1.29, 1.82) is 0 Å². The normalized spacial score (nSPS) is 14.7. The van der Waals surface area contributed by atoms with Crippen LogP contribution in [0.4, 0.5) is 10.1 Å². The van der Waals surface area contributed by atoms with Crippen molar-refractivity contribution in [3.63, 3.8) is 0 Å². The van der Waals surface area contributed by atoms with Gasteiger partial charge in [0.25, 0.3) is 10.0 Å². The first kappa shape index (κ1) is 30.5. The zero-order valence-electron chi connectivity index (χ0n) is 23.2. The SMILES string of the molecule is Cc1cccc(N(CC(=O)N(Cc2ccccc2F)[C@H](C)C(=O)NC2CCCCC2)S(=O)(=O)c2ccc(Cl)cc2)c1. The molecule has 0 saturated heterocycles. The van der Waals surface area contributed by atoms with Gasteiger partial charge in [-0.05, 0) is 74.7 Å². The average molecular weight is 600 g/mol. The first-order chi connectivity index (χ1) is 19.6. The van der Waals surface area contributed by atoms with Crippen LogP contribution in [0.2, 0.25) is 5.02 Å². The van der Waals surface area contributed by atoms with Gasteiger partial charge in [0.05, 0.1) is 10.6 Å². The quantitative estimate of drug-likeness (QED) is 0.317. The molecule has 1 aliphatic rings. The number of amides is 2. The van der Waals surface area contributed by atoms with Gasteiger partial charge in [0, 0.05) is 23.2 Å². The summed E-state index contributed by atoms with van der Waals surface area (Å²) in [7, 11) is -4.21. The molecule has 4 rings (SSSR count). The van der Waals surface area contributed by atoms with Gasteiger partial charge in [-0.25, -0.2) is 12.8 Å². The lowest BCUT2D eigenvalue weighted by atomic mass is 9.95. The number of hydrogen-bond acceptors (Lipinski definition) is 4. The van der Waals surface area contributed by atoms with Gasteiger partial charge >= 0.3 is 0 Å². The smallest absolute Gasteiger partial charge is 0.264 e. The molecular formula is C31H35ClFN3O4S. The Morgan fingerprint density at radius 2 is 1.68 bits per heavy atom. The van der Waals surface area contributed by atoms with E-state index in [1.807, 2.05) is 13.0 Å². The first-order valence-electron chi connectivity index (χ1n) is 13.7. The van der Waals surface area contributed by atoms with Crippen molar-refractivity contribution in [1.82, 2.24) is 10.2 Å². The van der Waals surface area contributed by atoms with E-state index < -0.39 is 34.3 Å². The monoisotopic (exact) mass is 599 g/mol. The Hall–Kier alpha value is -3.43. The first-order valence-corrected chi connectivity index (χ1v) is 15.6. The van der Waals surface area contributed by atoms with Crippen LogP contribution in [0.5, 0.6) is 0 Å². The molecule has 7 nitrogen and oxygen atoms in total. The summed E-state index contributed by atoms with van der Waals surface area (Å²) in [4.78, 5) is 28.5. The molecule has 10 heteroatoms. The summed E-state index contributed by atoms with van der Waals surface area (Å²) >= 11 is 5.99. The van der Waals surface area contributed by atoms with Crippen LogP contribution in [-0.4, -0.2) is 43.8 Å². The van der Waals surface area contributed by atoms with E-state index in [0.29, 0.717) is 10.7 Å². The van der Waals surface area contributed by atoms with E-state index in [0.717, 1.165) is 42.0 Å². The lowest BCUT2D eigenvalue weighted by Gasteiger charge is -2.33. The standard InChI is InChI=1S/C31H35ClFN3O4S/c1-22-9-8-13-27(19-22)36(41(39,40)28-17-15-25(32)16-18-28)21-30(37)35(20-24-10-6-7-14-29(24)33)23(2)31(38)34-26-11-4-3-5-12-26/h6-10,13-19,23,26H,3-5,11-12,20-21H2,1-2H3,(H,34,38)/t23-/m1/s1. The van der Waals surface area contributed by atoms with E-state index in [9.17, 15) is 22.4 Å². The lowest BCUT2D eigenvalue weighted by Crippen LogP contribution is -2.53. The van der Waals surface area contributed by atoms with Crippen LogP contribution in [-0.2, 0) is 26.2 Å². The van der Waals surface area contributed by atoms with Gasteiger partial charge in [-0.2, -0.15) is 0 Å². The molecule has 0 unspecified atom stereocenters. The molecule has 0 aromatic heterocycles. The summed E-state index contributed by atoms with van der Waals surface area (Å²) in [6.07, 6.45) is 4.88. The van der Waals surface area contributed by atoms with Crippen molar-refractivity contribution >= 4 is 39.1 Å². The molecular weight excluding hydrogens is 565 g/mol. The van der Waals surface area contributed by atoms with Crippen LogP contribution >= 0.6 is 11.6 Å². The second kappa shape index (κ2) is 13.5. The van der Waals surface area contributed by atoms with Gasteiger partial charge in [-0.3, -0.25) is 13.9 Å². The molecule has 0 aliphatic heterocycles. The Labute approximate surface area is 246 Å². The van der Waals surface area contributed by atoms with E-state index in [-0.39, 0.29) is 29.0 Å². The number of halogens is 2. The average Bonchev–Trinajstić information content (AvgIpc) is 2.95. The van der Waals surface area contributed by atoms with Crippen molar-refractivity contribution in [2.24, 2.45) is 0 Å². The molecule has 3 aromatic rings.